The number of aliphatic hydroxyl groups is 1. The molecule has 138 valence electrons. The van der Waals surface area contributed by atoms with E-state index in [1.807, 2.05) is 4.57 Å². The minimum atomic E-state index is -0.604. The highest BCUT2D eigenvalue weighted by Gasteiger charge is 2.19. The predicted molar refractivity (Wildman–Crippen MR) is 100 cm³/mol. The maximum Gasteiger partial charge on any atom is 0.309 e. The van der Waals surface area contributed by atoms with E-state index in [2.05, 4.69) is 11.6 Å². The van der Waals surface area contributed by atoms with E-state index < -0.39 is 5.56 Å². The number of pyridine rings is 2. The first-order chi connectivity index (χ1) is 12.9. The molecule has 0 aromatic carbocycles. The quantitative estimate of drug-likeness (QED) is 0.698. The molecule has 0 fully saturated rings. The first kappa shape index (κ1) is 17.2. The topological polar surface area (TPSA) is 80.3 Å². The number of nitrogens with zero attached hydrogens (tertiary/aromatic N) is 3. The highest BCUT2D eigenvalue weighted by molar-refractivity contribution is 6.06. The molecule has 0 bridgehead atoms. The molecule has 0 aliphatic heterocycles. The normalized spacial score (nSPS) is 17.1. The molecule has 0 saturated carbocycles. The van der Waals surface area contributed by atoms with Crippen molar-refractivity contribution in [3.63, 3.8) is 0 Å². The molecule has 0 radical (unpaired) electrons. The summed E-state index contributed by atoms with van der Waals surface area (Å²) in [6.45, 7) is 5.82. The Morgan fingerprint density at radius 3 is 2.89 bits per heavy atom. The van der Waals surface area contributed by atoms with E-state index >= 15 is 0 Å². The van der Waals surface area contributed by atoms with Gasteiger partial charge in [-0.2, -0.15) is 4.73 Å². The first-order valence-corrected chi connectivity index (χ1v) is 8.48. The van der Waals surface area contributed by atoms with Gasteiger partial charge in [-0.3, -0.25) is 4.79 Å². The van der Waals surface area contributed by atoms with Gasteiger partial charge in [-0.05, 0) is 30.7 Å². The Hall–Kier alpha value is -3.19. The van der Waals surface area contributed by atoms with Gasteiger partial charge in [0.05, 0.1) is 24.0 Å². The maximum absolute atomic E-state index is 13.4. The SMILES string of the molecule is C=C1C=C(F)C=CC1Cn1cc(CO)c2c3cc(C)n(O)c(=O)c3ncc21. The summed E-state index contributed by atoms with van der Waals surface area (Å²) in [6.07, 6.45) is 7.94. The maximum atomic E-state index is 13.4. The molecule has 3 heterocycles. The lowest BCUT2D eigenvalue weighted by molar-refractivity contribution is 0.170. The fourth-order valence-corrected chi connectivity index (χ4v) is 3.56. The molecule has 3 aromatic heterocycles. The van der Waals surface area contributed by atoms with Crippen LogP contribution in [0.1, 0.15) is 11.3 Å². The van der Waals surface area contributed by atoms with Crippen LogP contribution in [0.5, 0.6) is 0 Å². The van der Waals surface area contributed by atoms with Crippen LogP contribution in [0.3, 0.4) is 0 Å². The number of hydrogen-bond donors (Lipinski definition) is 2. The van der Waals surface area contributed by atoms with Crippen LogP contribution in [0.15, 0.2) is 59.5 Å². The van der Waals surface area contributed by atoms with Gasteiger partial charge in [-0.25, -0.2) is 9.37 Å². The first-order valence-electron chi connectivity index (χ1n) is 8.48. The zero-order valence-electron chi connectivity index (χ0n) is 14.7. The highest BCUT2D eigenvalue weighted by Crippen LogP contribution is 2.30. The fourth-order valence-electron chi connectivity index (χ4n) is 3.56. The van der Waals surface area contributed by atoms with Crippen molar-refractivity contribution in [1.29, 1.82) is 0 Å². The van der Waals surface area contributed by atoms with Gasteiger partial charge < -0.3 is 14.9 Å². The number of aromatic nitrogens is 3. The summed E-state index contributed by atoms with van der Waals surface area (Å²) in [4.78, 5) is 16.5. The zero-order valence-corrected chi connectivity index (χ0v) is 14.7. The van der Waals surface area contributed by atoms with Crippen molar-refractivity contribution < 1.29 is 14.7 Å². The van der Waals surface area contributed by atoms with Crippen molar-refractivity contribution in [2.75, 3.05) is 0 Å². The smallest absolute Gasteiger partial charge is 0.309 e. The fraction of sp³-hybridized carbons (Fsp3) is 0.200. The molecule has 1 atom stereocenters. The third-order valence-electron chi connectivity index (χ3n) is 4.97. The van der Waals surface area contributed by atoms with Gasteiger partial charge in [0.1, 0.15) is 11.3 Å². The van der Waals surface area contributed by atoms with Crippen LogP contribution < -0.4 is 5.56 Å². The van der Waals surface area contributed by atoms with Crippen LogP contribution in [0, 0.1) is 12.8 Å². The van der Waals surface area contributed by atoms with Crippen molar-refractivity contribution in [2.45, 2.75) is 20.1 Å². The highest BCUT2D eigenvalue weighted by atomic mass is 19.1. The number of aryl methyl sites for hydroxylation is 1. The van der Waals surface area contributed by atoms with Gasteiger partial charge >= 0.3 is 5.56 Å². The van der Waals surface area contributed by atoms with E-state index in [0.29, 0.717) is 33.5 Å². The summed E-state index contributed by atoms with van der Waals surface area (Å²) in [5.41, 5.74) is 1.97. The Labute approximate surface area is 153 Å². The third kappa shape index (κ3) is 2.67. The van der Waals surface area contributed by atoms with Gasteiger partial charge in [-0.15, -0.1) is 0 Å². The van der Waals surface area contributed by atoms with E-state index in [1.54, 1.807) is 31.5 Å². The van der Waals surface area contributed by atoms with Crippen LogP contribution in [-0.4, -0.2) is 24.6 Å². The number of halogens is 1. The zero-order chi connectivity index (χ0) is 19.3. The Morgan fingerprint density at radius 1 is 1.41 bits per heavy atom. The van der Waals surface area contributed by atoms with E-state index in [9.17, 15) is 19.5 Å². The molecule has 1 aliphatic carbocycles. The Balaban J connectivity index is 1.92. The molecule has 6 nitrogen and oxygen atoms in total. The van der Waals surface area contributed by atoms with E-state index in [0.717, 1.165) is 10.9 Å². The Morgan fingerprint density at radius 2 is 2.19 bits per heavy atom. The molecule has 4 rings (SSSR count). The van der Waals surface area contributed by atoms with Crippen molar-refractivity contribution in [2.24, 2.45) is 5.92 Å². The lowest BCUT2D eigenvalue weighted by Gasteiger charge is -2.18. The number of aliphatic hydroxyl groups excluding tert-OH is 1. The summed E-state index contributed by atoms with van der Waals surface area (Å²) in [7, 11) is 0. The van der Waals surface area contributed by atoms with Gasteiger partial charge in [-0.1, -0.05) is 12.7 Å². The average molecular weight is 367 g/mol. The molecule has 3 aromatic rings. The van der Waals surface area contributed by atoms with Crippen LogP contribution in [-0.2, 0) is 13.2 Å². The average Bonchev–Trinajstić information content (AvgIpc) is 3.00. The van der Waals surface area contributed by atoms with Crippen molar-refractivity contribution >= 4 is 21.8 Å². The van der Waals surface area contributed by atoms with Crippen LogP contribution in [0.2, 0.25) is 0 Å². The lowest BCUT2D eigenvalue weighted by Crippen LogP contribution is -2.20. The van der Waals surface area contributed by atoms with Crippen molar-refractivity contribution in [3.8, 4) is 0 Å². The monoisotopic (exact) mass is 367 g/mol. The molecular formula is C20H18FN3O3. The Kier molecular flexibility index (Phi) is 3.96. The molecule has 0 saturated heterocycles. The number of fused-ring (bicyclic) bond motifs is 3. The van der Waals surface area contributed by atoms with Crippen LogP contribution >= 0.6 is 0 Å². The number of allylic oxidation sites excluding steroid dienone is 5. The van der Waals surface area contributed by atoms with Gasteiger partial charge in [0.25, 0.3) is 0 Å². The molecular weight excluding hydrogens is 349 g/mol. The molecule has 7 heteroatoms. The summed E-state index contributed by atoms with van der Waals surface area (Å²) < 4.78 is 15.8. The lowest BCUT2D eigenvalue weighted by atomic mass is 9.95. The van der Waals surface area contributed by atoms with Crippen LogP contribution in [0.4, 0.5) is 4.39 Å². The van der Waals surface area contributed by atoms with E-state index in [1.165, 1.54) is 12.2 Å². The number of hydrogen-bond acceptors (Lipinski definition) is 4. The van der Waals surface area contributed by atoms with Gasteiger partial charge in [0, 0.05) is 35.0 Å². The molecule has 27 heavy (non-hydrogen) atoms. The molecule has 1 aliphatic rings. The summed E-state index contributed by atoms with van der Waals surface area (Å²) >= 11 is 0. The standard InChI is InChI=1S/C20H18FN3O3/c1-11-5-15(21)4-3-13(11)8-23-9-14(10-25)18-16-6-12(2)24(27)20(26)19(16)22-7-17(18)23/h3-7,9,13,25,27H,1,8,10H2,2H3. The molecule has 0 amide bonds. The second kappa shape index (κ2) is 6.21. The largest absolute Gasteiger partial charge is 0.425 e. The molecule has 1 unspecified atom stereocenters. The summed E-state index contributed by atoms with van der Waals surface area (Å²) in [5.74, 6) is -0.414. The van der Waals surface area contributed by atoms with Crippen molar-refractivity contribution in [1.82, 2.24) is 14.3 Å². The second-order valence-electron chi connectivity index (χ2n) is 6.72. The van der Waals surface area contributed by atoms with Gasteiger partial charge in [0.15, 0.2) is 0 Å². The minimum Gasteiger partial charge on any atom is -0.425 e. The second-order valence-corrected chi connectivity index (χ2v) is 6.72. The predicted octanol–water partition coefficient (Wildman–Crippen LogP) is 2.98. The van der Waals surface area contributed by atoms with E-state index in [-0.39, 0.29) is 23.9 Å². The third-order valence-corrected chi connectivity index (χ3v) is 4.97. The molecule has 2 N–H and O–H groups in total. The Bertz CT molecular complexity index is 1220. The van der Waals surface area contributed by atoms with E-state index in [4.69, 9.17) is 0 Å². The minimum absolute atomic E-state index is 0.0884. The van der Waals surface area contributed by atoms with Crippen molar-refractivity contribution in [3.05, 3.63) is 76.3 Å². The number of rotatable bonds is 3. The summed E-state index contributed by atoms with van der Waals surface area (Å²) in [6, 6.07) is 1.67. The van der Waals surface area contributed by atoms with Crippen LogP contribution in [0.25, 0.3) is 21.8 Å². The molecule has 0 spiro atoms. The van der Waals surface area contributed by atoms with Gasteiger partial charge in [0.2, 0.25) is 0 Å². The summed E-state index contributed by atoms with van der Waals surface area (Å²) in [5, 5.41) is 21.0.